The molecule has 1 aromatic rings. The second-order valence-corrected chi connectivity index (χ2v) is 5.71. The minimum absolute atomic E-state index is 0.0369. The molecule has 18 heavy (non-hydrogen) atoms. The van der Waals surface area contributed by atoms with Crippen LogP contribution in [0.5, 0.6) is 0 Å². The zero-order valence-electron chi connectivity index (χ0n) is 11.6. The molecule has 0 saturated carbocycles. The summed E-state index contributed by atoms with van der Waals surface area (Å²) in [7, 11) is 1.88. The first kappa shape index (κ1) is 15.3. The van der Waals surface area contributed by atoms with Gasteiger partial charge < -0.3 is 15.4 Å². The number of likely N-dealkylation sites (N-methyl/N-ethyl adjacent to an activating group) is 1. The Bertz CT molecular complexity index is 456. The van der Waals surface area contributed by atoms with Crippen molar-refractivity contribution in [3.8, 4) is 0 Å². The van der Waals surface area contributed by atoms with Crippen molar-refractivity contribution in [1.29, 1.82) is 0 Å². The maximum absolute atomic E-state index is 11.7. The monoisotopic (exact) mass is 270 g/mol. The van der Waals surface area contributed by atoms with E-state index in [4.69, 9.17) is 17.0 Å². The molecule has 1 rings (SSSR count). The quantitative estimate of drug-likeness (QED) is 0.582. The van der Waals surface area contributed by atoms with Crippen molar-refractivity contribution in [1.82, 2.24) is 5.32 Å². The summed E-state index contributed by atoms with van der Waals surface area (Å²) in [4.78, 5) is 11.7. The van der Waals surface area contributed by atoms with E-state index in [0.29, 0.717) is 30.0 Å². The van der Waals surface area contributed by atoms with Gasteiger partial charge in [0.2, 0.25) is 5.43 Å². The fourth-order valence-corrected chi connectivity index (χ4v) is 2.31. The summed E-state index contributed by atoms with van der Waals surface area (Å²) in [6.07, 6.45) is 0. The molecule has 0 amide bonds. The van der Waals surface area contributed by atoms with Crippen LogP contribution < -0.4 is 16.1 Å². The standard InChI is InChI=1S/C13H22N2O2S/c1-13(2,3)9-10(11(16)12(9)18)15-6-8-17-7-5-14-4/h14-15H,5-8H2,1-4H3. The van der Waals surface area contributed by atoms with Crippen LogP contribution in [0.15, 0.2) is 4.79 Å². The molecule has 0 atom stereocenters. The predicted octanol–water partition coefficient (Wildman–Crippen LogP) is 1.60. The number of nitrogens with one attached hydrogen (secondary N) is 2. The maximum atomic E-state index is 11.7. The third-order valence-electron chi connectivity index (χ3n) is 2.70. The van der Waals surface area contributed by atoms with Crippen molar-refractivity contribution in [3.63, 3.8) is 0 Å². The van der Waals surface area contributed by atoms with Crippen LogP contribution in [0.1, 0.15) is 26.3 Å². The second kappa shape index (κ2) is 6.41. The molecular weight excluding hydrogens is 248 g/mol. The van der Waals surface area contributed by atoms with Crippen molar-refractivity contribution >= 4 is 17.9 Å². The lowest BCUT2D eigenvalue weighted by Gasteiger charge is -2.25. The average Bonchev–Trinajstić information content (AvgIpc) is 2.29. The number of anilines is 1. The minimum Gasteiger partial charge on any atom is -0.379 e. The maximum Gasteiger partial charge on any atom is 0.220 e. The second-order valence-electron chi connectivity index (χ2n) is 5.30. The number of hydrogen-bond acceptors (Lipinski definition) is 5. The lowest BCUT2D eigenvalue weighted by atomic mass is 9.83. The molecule has 0 bridgehead atoms. The van der Waals surface area contributed by atoms with Crippen LogP contribution in [-0.2, 0) is 10.2 Å². The third kappa shape index (κ3) is 3.60. The molecule has 0 saturated heterocycles. The summed E-state index contributed by atoms with van der Waals surface area (Å²) in [6, 6.07) is 0. The average molecular weight is 270 g/mol. The van der Waals surface area contributed by atoms with Crippen LogP contribution >= 0.6 is 12.2 Å². The molecule has 0 aliphatic heterocycles. The van der Waals surface area contributed by atoms with Gasteiger partial charge in [-0.2, -0.15) is 0 Å². The summed E-state index contributed by atoms with van der Waals surface area (Å²) >= 11 is 5.10. The normalized spacial score (nSPS) is 12.0. The molecule has 0 heterocycles. The van der Waals surface area contributed by atoms with Crippen LogP contribution in [0.2, 0.25) is 0 Å². The summed E-state index contributed by atoms with van der Waals surface area (Å²) in [5, 5.41) is 6.13. The summed E-state index contributed by atoms with van der Waals surface area (Å²) in [6.45, 7) is 8.91. The first-order valence-electron chi connectivity index (χ1n) is 6.19. The fourth-order valence-electron chi connectivity index (χ4n) is 1.80. The van der Waals surface area contributed by atoms with E-state index in [1.165, 1.54) is 0 Å². The van der Waals surface area contributed by atoms with Crippen LogP contribution in [0, 0.1) is 4.51 Å². The Balaban J connectivity index is 2.47. The number of hydrogen-bond donors (Lipinski definition) is 2. The van der Waals surface area contributed by atoms with Crippen molar-refractivity contribution in [3.05, 3.63) is 20.3 Å². The highest BCUT2D eigenvalue weighted by atomic mass is 32.1. The third-order valence-corrected chi connectivity index (χ3v) is 3.09. The first-order valence-corrected chi connectivity index (χ1v) is 6.60. The van der Waals surface area contributed by atoms with Gasteiger partial charge in [0.25, 0.3) is 0 Å². The van der Waals surface area contributed by atoms with Crippen molar-refractivity contribution < 1.29 is 4.74 Å². The van der Waals surface area contributed by atoms with Gasteiger partial charge in [-0.15, -0.1) is 0 Å². The van der Waals surface area contributed by atoms with Gasteiger partial charge in [0.15, 0.2) is 0 Å². The Morgan fingerprint density at radius 2 is 1.83 bits per heavy atom. The van der Waals surface area contributed by atoms with E-state index in [9.17, 15) is 4.79 Å². The van der Waals surface area contributed by atoms with E-state index in [1.807, 2.05) is 7.05 Å². The van der Waals surface area contributed by atoms with E-state index in [0.717, 1.165) is 12.1 Å². The van der Waals surface area contributed by atoms with E-state index in [2.05, 4.69) is 31.4 Å². The fraction of sp³-hybridized carbons (Fsp3) is 0.692. The van der Waals surface area contributed by atoms with Crippen LogP contribution in [0.25, 0.3) is 0 Å². The highest BCUT2D eigenvalue weighted by Crippen LogP contribution is 2.30. The highest BCUT2D eigenvalue weighted by Gasteiger charge is 2.27. The molecule has 4 nitrogen and oxygen atoms in total. The molecule has 102 valence electrons. The van der Waals surface area contributed by atoms with Gasteiger partial charge in [-0.05, 0) is 12.5 Å². The van der Waals surface area contributed by atoms with Crippen molar-refractivity contribution in [2.45, 2.75) is 26.2 Å². The predicted molar refractivity (Wildman–Crippen MR) is 77.9 cm³/mol. The van der Waals surface area contributed by atoms with E-state index in [-0.39, 0.29) is 10.8 Å². The van der Waals surface area contributed by atoms with Crippen LogP contribution in [0.4, 0.5) is 5.69 Å². The van der Waals surface area contributed by atoms with Gasteiger partial charge in [-0.3, -0.25) is 4.79 Å². The molecule has 0 aromatic heterocycles. The molecule has 5 heteroatoms. The molecule has 0 aliphatic carbocycles. The SMILES string of the molecule is CNCCOCCNc1c(C(C)(C)C)c(=S)c1=O. The summed E-state index contributed by atoms with van der Waals surface area (Å²) < 4.78 is 5.86. The zero-order valence-corrected chi connectivity index (χ0v) is 12.4. The van der Waals surface area contributed by atoms with Gasteiger partial charge in [0, 0.05) is 18.7 Å². The smallest absolute Gasteiger partial charge is 0.220 e. The van der Waals surface area contributed by atoms with Gasteiger partial charge in [0.05, 0.1) is 23.4 Å². The lowest BCUT2D eigenvalue weighted by Crippen LogP contribution is -2.30. The van der Waals surface area contributed by atoms with Crippen molar-refractivity contribution in [2.75, 3.05) is 38.7 Å². The largest absolute Gasteiger partial charge is 0.379 e. The molecule has 1 aromatic carbocycles. The van der Waals surface area contributed by atoms with Gasteiger partial charge in [-0.25, -0.2) is 0 Å². The molecule has 0 spiro atoms. The summed E-state index contributed by atoms with van der Waals surface area (Å²) in [5.41, 5.74) is 1.52. The highest BCUT2D eigenvalue weighted by molar-refractivity contribution is 7.71. The zero-order chi connectivity index (χ0) is 13.8. The van der Waals surface area contributed by atoms with E-state index in [1.54, 1.807) is 0 Å². The molecule has 0 unspecified atom stereocenters. The Kier molecular flexibility index (Phi) is 5.44. The summed E-state index contributed by atoms with van der Waals surface area (Å²) in [5.74, 6) is 0. The van der Waals surface area contributed by atoms with Gasteiger partial charge in [-0.1, -0.05) is 33.0 Å². The van der Waals surface area contributed by atoms with Gasteiger partial charge in [0.1, 0.15) is 0 Å². The topological polar surface area (TPSA) is 50.4 Å². The number of ether oxygens (including phenoxy) is 1. The molecule has 0 radical (unpaired) electrons. The minimum atomic E-state index is -0.0830. The Labute approximate surface area is 113 Å². The number of rotatable bonds is 7. The molecule has 0 fully saturated rings. The molecule has 0 aliphatic rings. The van der Waals surface area contributed by atoms with Crippen LogP contribution in [-0.4, -0.2) is 33.4 Å². The van der Waals surface area contributed by atoms with Crippen molar-refractivity contribution in [2.24, 2.45) is 0 Å². The Morgan fingerprint density at radius 1 is 1.22 bits per heavy atom. The van der Waals surface area contributed by atoms with E-state index >= 15 is 0 Å². The lowest BCUT2D eigenvalue weighted by molar-refractivity contribution is 0.147. The molecular formula is C13H22N2O2S. The Hall–Kier alpha value is -0.780. The Morgan fingerprint density at radius 3 is 2.39 bits per heavy atom. The van der Waals surface area contributed by atoms with E-state index < -0.39 is 0 Å². The molecule has 2 N–H and O–H groups in total. The van der Waals surface area contributed by atoms with Gasteiger partial charge >= 0.3 is 0 Å². The van der Waals surface area contributed by atoms with Crippen LogP contribution in [0.3, 0.4) is 0 Å². The first-order chi connectivity index (χ1) is 8.39.